The van der Waals surface area contributed by atoms with Gasteiger partial charge in [-0.15, -0.1) is 23.1 Å². The maximum atomic E-state index is 13.0. The lowest BCUT2D eigenvalue weighted by Crippen LogP contribution is -2.33. The van der Waals surface area contributed by atoms with Crippen molar-refractivity contribution in [1.82, 2.24) is 4.90 Å². The number of carbonyl (C=O) groups is 1. The largest absolute Gasteiger partial charge is 0.338 e. The molecule has 2 fully saturated rings. The second kappa shape index (κ2) is 6.90. The van der Waals surface area contributed by atoms with Crippen LogP contribution in [0.25, 0.3) is 0 Å². The minimum Gasteiger partial charge on any atom is -0.338 e. The van der Waals surface area contributed by atoms with Gasteiger partial charge in [0.05, 0.1) is 5.56 Å². The monoisotopic (exact) mass is 358 g/mol. The van der Waals surface area contributed by atoms with Gasteiger partial charge in [-0.25, -0.2) is 0 Å². The van der Waals surface area contributed by atoms with E-state index in [1.165, 1.54) is 11.3 Å². The maximum absolute atomic E-state index is 13.0. The van der Waals surface area contributed by atoms with Gasteiger partial charge in [0.1, 0.15) is 0 Å². The summed E-state index contributed by atoms with van der Waals surface area (Å²) in [4.78, 5) is 17.5. The van der Waals surface area contributed by atoms with E-state index in [0.717, 1.165) is 35.7 Å². The third kappa shape index (κ3) is 3.13. The van der Waals surface area contributed by atoms with Crippen LogP contribution in [-0.4, -0.2) is 29.9 Å². The van der Waals surface area contributed by atoms with Crippen molar-refractivity contribution in [1.29, 1.82) is 0 Å². The molecule has 2 aromatic rings. The summed E-state index contributed by atoms with van der Waals surface area (Å²) in [7, 11) is 0. The number of fused-ring (bicyclic) bond motifs is 1. The van der Waals surface area contributed by atoms with Crippen molar-refractivity contribution in [3.63, 3.8) is 0 Å². The van der Waals surface area contributed by atoms with E-state index < -0.39 is 0 Å². The summed E-state index contributed by atoms with van der Waals surface area (Å²) in [6.07, 6.45) is 2.29. The van der Waals surface area contributed by atoms with Crippen molar-refractivity contribution < 1.29 is 4.79 Å². The first-order chi connectivity index (χ1) is 11.7. The Kier molecular flexibility index (Phi) is 4.66. The molecule has 2 N–H and O–H groups in total. The minimum atomic E-state index is 0.172. The van der Waals surface area contributed by atoms with Gasteiger partial charge in [-0.3, -0.25) is 4.79 Å². The van der Waals surface area contributed by atoms with Crippen molar-refractivity contribution in [3.05, 3.63) is 52.2 Å². The zero-order chi connectivity index (χ0) is 16.5. The molecule has 0 radical (unpaired) electrons. The third-order valence-electron chi connectivity index (χ3n) is 5.27. The molecule has 0 spiro atoms. The molecule has 1 aliphatic carbocycles. The molecule has 1 aromatic carbocycles. The number of hydrogen-bond donors (Lipinski definition) is 1. The van der Waals surface area contributed by atoms with E-state index in [1.54, 1.807) is 23.1 Å². The minimum absolute atomic E-state index is 0.172. The van der Waals surface area contributed by atoms with Gasteiger partial charge in [-0.2, -0.15) is 0 Å². The van der Waals surface area contributed by atoms with Crippen LogP contribution in [0.15, 0.2) is 46.7 Å². The Morgan fingerprint density at radius 2 is 2.08 bits per heavy atom. The molecule has 3 atom stereocenters. The molecule has 1 aliphatic heterocycles. The molecule has 3 nitrogen and oxygen atoms in total. The molecule has 0 bridgehead atoms. The van der Waals surface area contributed by atoms with E-state index in [9.17, 15) is 4.79 Å². The van der Waals surface area contributed by atoms with E-state index in [4.69, 9.17) is 5.73 Å². The molecule has 24 heavy (non-hydrogen) atoms. The van der Waals surface area contributed by atoms with Crippen LogP contribution < -0.4 is 5.73 Å². The van der Waals surface area contributed by atoms with Crippen LogP contribution in [0.1, 0.15) is 28.1 Å². The van der Waals surface area contributed by atoms with Crippen LogP contribution in [0, 0.1) is 11.8 Å². The quantitative estimate of drug-likeness (QED) is 0.845. The molecular formula is C19H22N2OS2. The average Bonchev–Trinajstić information content (AvgIpc) is 3.32. The summed E-state index contributed by atoms with van der Waals surface area (Å²) >= 11 is 3.52. The highest BCUT2D eigenvalue weighted by Gasteiger charge is 2.42. The van der Waals surface area contributed by atoms with Crippen molar-refractivity contribution >= 4 is 29.0 Å². The molecule has 1 amide bonds. The number of hydrogen-bond acceptors (Lipinski definition) is 4. The SMILES string of the molecule is NC1CCC2CN(C(=O)c3ccccc3SCc3cccs3)CC12. The molecule has 1 saturated carbocycles. The first-order valence-electron chi connectivity index (χ1n) is 8.51. The molecule has 1 aromatic heterocycles. The van der Waals surface area contributed by atoms with Crippen LogP contribution in [0.2, 0.25) is 0 Å². The smallest absolute Gasteiger partial charge is 0.255 e. The standard InChI is InChI=1S/C19H22N2OS2/c20-17-8-7-13-10-21(11-16(13)17)19(22)15-5-1-2-6-18(15)24-12-14-4-3-9-23-14/h1-6,9,13,16-17H,7-8,10-12,20H2. The Hall–Kier alpha value is -1.30. The lowest BCUT2D eigenvalue weighted by Gasteiger charge is -2.20. The Morgan fingerprint density at radius 1 is 1.21 bits per heavy atom. The van der Waals surface area contributed by atoms with Gasteiger partial charge < -0.3 is 10.6 Å². The summed E-state index contributed by atoms with van der Waals surface area (Å²) in [5.74, 6) is 2.19. The highest BCUT2D eigenvalue weighted by Crippen LogP contribution is 2.38. The molecule has 4 rings (SSSR count). The van der Waals surface area contributed by atoms with Gasteiger partial charge >= 0.3 is 0 Å². The number of nitrogens with zero attached hydrogens (tertiary/aromatic N) is 1. The first-order valence-corrected chi connectivity index (χ1v) is 10.4. The normalized spacial score (nSPS) is 25.9. The topological polar surface area (TPSA) is 46.3 Å². The van der Waals surface area contributed by atoms with Gasteiger partial charge in [0.15, 0.2) is 0 Å². The lowest BCUT2D eigenvalue weighted by atomic mass is 9.98. The van der Waals surface area contributed by atoms with E-state index in [2.05, 4.69) is 23.6 Å². The number of thioether (sulfide) groups is 1. The lowest BCUT2D eigenvalue weighted by molar-refractivity contribution is 0.0776. The fraction of sp³-hybridized carbons (Fsp3) is 0.421. The van der Waals surface area contributed by atoms with Gasteiger partial charge in [-0.1, -0.05) is 18.2 Å². The average molecular weight is 359 g/mol. The Morgan fingerprint density at radius 3 is 2.88 bits per heavy atom. The summed E-state index contributed by atoms with van der Waals surface area (Å²) < 4.78 is 0. The number of likely N-dealkylation sites (tertiary alicyclic amines) is 1. The number of amides is 1. The van der Waals surface area contributed by atoms with Crippen molar-refractivity contribution in [2.45, 2.75) is 29.5 Å². The summed E-state index contributed by atoms with van der Waals surface area (Å²) in [6.45, 7) is 1.70. The van der Waals surface area contributed by atoms with Crippen LogP contribution in [0.5, 0.6) is 0 Å². The molecular weight excluding hydrogens is 336 g/mol. The molecule has 5 heteroatoms. The van der Waals surface area contributed by atoms with E-state index in [0.29, 0.717) is 11.8 Å². The van der Waals surface area contributed by atoms with Gasteiger partial charge in [0, 0.05) is 34.7 Å². The zero-order valence-electron chi connectivity index (χ0n) is 13.6. The summed E-state index contributed by atoms with van der Waals surface area (Å²) in [5.41, 5.74) is 7.05. The number of rotatable bonds is 4. The summed E-state index contributed by atoms with van der Waals surface area (Å²) in [6, 6.07) is 12.5. The van der Waals surface area contributed by atoms with Crippen LogP contribution in [0.3, 0.4) is 0 Å². The van der Waals surface area contributed by atoms with E-state index in [1.807, 2.05) is 23.1 Å². The molecule has 126 valence electrons. The Bertz CT molecular complexity index is 716. The number of nitrogens with two attached hydrogens (primary N) is 1. The van der Waals surface area contributed by atoms with Crippen LogP contribution in [-0.2, 0) is 5.75 Å². The zero-order valence-corrected chi connectivity index (χ0v) is 15.2. The van der Waals surface area contributed by atoms with Gasteiger partial charge in [-0.05, 0) is 48.3 Å². The van der Waals surface area contributed by atoms with E-state index in [-0.39, 0.29) is 11.9 Å². The predicted molar refractivity (Wildman–Crippen MR) is 100 cm³/mol. The third-order valence-corrected chi connectivity index (χ3v) is 7.45. The highest BCUT2D eigenvalue weighted by molar-refractivity contribution is 7.98. The summed E-state index contributed by atoms with van der Waals surface area (Å²) in [5, 5.41) is 2.10. The molecule has 3 unspecified atom stereocenters. The predicted octanol–water partition coefficient (Wildman–Crippen LogP) is 3.85. The van der Waals surface area contributed by atoms with Crippen LogP contribution >= 0.6 is 23.1 Å². The van der Waals surface area contributed by atoms with Gasteiger partial charge in [0.25, 0.3) is 5.91 Å². The highest BCUT2D eigenvalue weighted by atomic mass is 32.2. The fourth-order valence-corrected chi connectivity index (χ4v) is 5.77. The Labute approximate surface area is 151 Å². The van der Waals surface area contributed by atoms with Crippen molar-refractivity contribution in [2.24, 2.45) is 17.6 Å². The second-order valence-electron chi connectivity index (χ2n) is 6.74. The molecule has 1 saturated heterocycles. The number of thiophene rings is 1. The number of carbonyl (C=O) groups excluding carboxylic acids is 1. The first kappa shape index (κ1) is 16.2. The van der Waals surface area contributed by atoms with Crippen molar-refractivity contribution in [3.8, 4) is 0 Å². The molecule has 2 aliphatic rings. The van der Waals surface area contributed by atoms with E-state index >= 15 is 0 Å². The second-order valence-corrected chi connectivity index (χ2v) is 8.79. The maximum Gasteiger partial charge on any atom is 0.255 e. The van der Waals surface area contributed by atoms with Gasteiger partial charge in [0.2, 0.25) is 0 Å². The Balaban J connectivity index is 1.48. The van der Waals surface area contributed by atoms with Crippen LogP contribution in [0.4, 0.5) is 0 Å². The molecule has 2 heterocycles. The van der Waals surface area contributed by atoms with Crippen molar-refractivity contribution in [2.75, 3.05) is 13.1 Å². The fourth-order valence-electron chi connectivity index (χ4n) is 3.96. The number of benzene rings is 1.